The molecule has 65 heavy (non-hydrogen) atoms. The molecule has 9 aromatic carbocycles. The summed E-state index contributed by atoms with van der Waals surface area (Å²) in [5.74, 6) is 0. The van der Waals surface area contributed by atoms with Gasteiger partial charge in [0.1, 0.15) is 0 Å². The van der Waals surface area contributed by atoms with Crippen molar-refractivity contribution in [3.05, 3.63) is 254 Å². The molecule has 0 bridgehead atoms. The number of hydrogen-bond donors (Lipinski definition) is 0. The van der Waals surface area contributed by atoms with Gasteiger partial charge in [-0.3, -0.25) is 0 Å². The van der Waals surface area contributed by atoms with Gasteiger partial charge < -0.3 is 13.7 Å². The van der Waals surface area contributed by atoms with E-state index in [9.17, 15) is 0 Å². The predicted octanol–water partition coefficient (Wildman–Crippen LogP) is 12.3. The van der Waals surface area contributed by atoms with Gasteiger partial charge in [-0.2, -0.15) is 0 Å². The molecule has 0 saturated carbocycles. The second kappa shape index (κ2) is 15.0. The van der Waals surface area contributed by atoms with Crippen LogP contribution in [0.3, 0.4) is 0 Å². The van der Waals surface area contributed by atoms with Crippen molar-refractivity contribution < 1.29 is 0 Å². The van der Waals surface area contributed by atoms with E-state index in [0.29, 0.717) is 0 Å². The van der Waals surface area contributed by atoms with Crippen LogP contribution in [-0.4, -0.2) is 21.8 Å². The number of benzene rings is 9. The van der Waals surface area contributed by atoms with Crippen LogP contribution in [-0.2, 0) is 6.42 Å². The summed E-state index contributed by atoms with van der Waals surface area (Å²) in [6, 6.07) is 83.8. The van der Waals surface area contributed by atoms with Crippen molar-refractivity contribution in [3.63, 3.8) is 0 Å². The average Bonchev–Trinajstić information content (AvgIpc) is 3.93. The molecular formula is C61H43N3Si. The number of allylic oxidation sites excluding steroid dienone is 3. The van der Waals surface area contributed by atoms with E-state index >= 15 is 0 Å². The molecule has 0 spiro atoms. The Hall–Kier alpha value is -8.18. The lowest BCUT2D eigenvalue weighted by molar-refractivity contribution is 1.00. The zero-order chi connectivity index (χ0) is 42.9. The molecule has 0 N–H and O–H groups in total. The van der Waals surface area contributed by atoms with Crippen molar-refractivity contribution in [1.29, 1.82) is 0 Å². The molecule has 1 aliphatic carbocycles. The number of aromatic nitrogens is 3. The first-order valence-corrected chi connectivity index (χ1v) is 24.6. The van der Waals surface area contributed by atoms with E-state index in [1.165, 1.54) is 86.5 Å². The maximum Gasteiger partial charge on any atom is 0.179 e. The molecular weight excluding hydrogens is 803 g/mol. The van der Waals surface area contributed by atoms with E-state index in [1.807, 2.05) is 0 Å². The van der Waals surface area contributed by atoms with E-state index in [4.69, 9.17) is 0 Å². The van der Waals surface area contributed by atoms with Crippen molar-refractivity contribution in [2.45, 2.75) is 6.42 Å². The molecule has 3 aromatic heterocycles. The average molecular weight is 846 g/mol. The number of hydrogen-bond acceptors (Lipinski definition) is 0. The van der Waals surface area contributed by atoms with Crippen LogP contribution < -0.4 is 20.7 Å². The van der Waals surface area contributed by atoms with Crippen LogP contribution >= 0.6 is 0 Å². The third-order valence-corrected chi connectivity index (χ3v) is 18.6. The van der Waals surface area contributed by atoms with Crippen molar-refractivity contribution in [1.82, 2.24) is 13.7 Å². The zero-order valence-corrected chi connectivity index (χ0v) is 36.7. The minimum Gasteiger partial charge on any atom is -0.311 e. The summed E-state index contributed by atoms with van der Waals surface area (Å²) < 4.78 is 7.54. The van der Waals surface area contributed by atoms with Gasteiger partial charge in [-0.05, 0) is 75.3 Å². The van der Waals surface area contributed by atoms with Crippen LogP contribution in [0.15, 0.2) is 243 Å². The molecule has 0 saturated heterocycles. The SMILES string of the molecule is C1=CCc2c(c3ccc4c5ccccc5n(-c5ccccc5)c4c3n2-c2cccc([Si](c3ccccc3)(c3ccccc3)c3cccc(-n4c5ccccc5c5ccccc54)c3)c2)C=C1. The van der Waals surface area contributed by atoms with E-state index in [2.05, 4.69) is 262 Å². The summed E-state index contributed by atoms with van der Waals surface area (Å²) >= 11 is 0. The lowest BCUT2D eigenvalue weighted by atomic mass is 10.1. The molecule has 0 radical (unpaired) electrons. The molecule has 0 unspecified atom stereocenters. The minimum atomic E-state index is -3.04. The molecule has 0 aliphatic heterocycles. The van der Waals surface area contributed by atoms with Gasteiger partial charge in [0.2, 0.25) is 0 Å². The molecule has 3 heterocycles. The highest BCUT2D eigenvalue weighted by Crippen LogP contribution is 2.42. The highest BCUT2D eigenvalue weighted by atomic mass is 28.3. The van der Waals surface area contributed by atoms with Gasteiger partial charge in [-0.15, -0.1) is 0 Å². The lowest BCUT2D eigenvalue weighted by Gasteiger charge is -2.35. The number of para-hydroxylation sites is 4. The first-order valence-electron chi connectivity index (χ1n) is 22.6. The summed E-state index contributed by atoms with van der Waals surface area (Å²) in [5.41, 5.74) is 12.1. The molecule has 12 aromatic rings. The predicted molar refractivity (Wildman–Crippen MR) is 277 cm³/mol. The highest BCUT2D eigenvalue weighted by molar-refractivity contribution is 7.20. The van der Waals surface area contributed by atoms with E-state index < -0.39 is 8.07 Å². The Morgan fingerprint density at radius 1 is 0.323 bits per heavy atom. The van der Waals surface area contributed by atoms with Crippen molar-refractivity contribution >= 4 is 89.4 Å². The highest BCUT2D eigenvalue weighted by Gasteiger charge is 2.42. The largest absolute Gasteiger partial charge is 0.311 e. The van der Waals surface area contributed by atoms with Crippen molar-refractivity contribution in [2.75, 3.05) is 0 Å². The standard InChI is InChI=1S/C61H43N3Si/c1-5-21-43(22-6-1)63-58-38-18-15-34-53(58)54-39-40-55-52-31-11-4-12-35-59(52)64(61(55)60(54)63)45-24-20-30-49(42-45)65(46-25-7-2-8-26-46,47-27-9-3-10-28-47)48-29-19-23-44(41-48)62-56-36-16-13-32-50(56)51-33-14-17-37-57(51)62/h1-34,36-42H,35H2. The number of rotatable bonds is 7. The monoisotopic (exact) mass is 845 g/mol. The third kappa shape index (κ3) is 5.61. The van der Waals surface area contributed by atoms with Crippen molar-refractivity contribution in [3.8, 4) is 17.1 Å². The Bertz CT molecular complexity index is 3760. The maximum absolute atomic E-state index is 3.04. The van der Waals surface area contributed by atoms with Crippen LogP contribution in [0.1, 0.15) is 11.3 Å². The topological polar surface area (TPSA) is 14.8 Å². The van der Waals surface area contributed by atoms with Gasteiger partial charge in [0.25, 0.3) is 0 Å². The number of nitrogens with zero attached hydrogens (tertiary/aromatic N) is 3. The van der Waals surface area contributed by atoms with Gasteiger partial charge in [-0.1, -0.05) is 194 Å². The smallest absolute Gasteiger partial charge is 0.179 e. The van der Waals surface area contributed by atoms with E-state index in [-0.39, 0.29) is 0 Å². The fourth-order valence-electron chi connectivity index (χ4n) is 11.2. The molecule has 1 aliphatic rings. The minimum absolute atomic E-state index is 0.815. The first-order chi connectivity index (χ1) is 32.3. The molecule has 0 amide bonds. The quantitative estimate of drug-likeness (QED) is 0.112. The Labute approximate surface area is 378 Å². The van der Waals surface area contributed by atoms with Gasteiger partial charge >= 0.3 is 0 Å². The summed E-state index contributed by atoms with van der Waals surface area (Å²) in [5, 5.41) is 11.6. The molecule has 3 nitrogen and oxygen atoms in total. The molecule has 13 rings (SSSR count). The van der Waals surface area contributed by atoms with Crippen LogP contribution in [0.5, 0.6) is 0 Å². The summed E-state index contributed by atoms with van der Waals surface area (Å²) in [7, 11) is -3.04. The van der Waals surface area contributed by atoms with Crippen LogP contribution in [0.2, 0.25) is 0 Å². The Morgan fingerprint density at radius 2 is 0.769 bits per heavy atom. The maximum atomic E-state index is 2.60. The summed E-state index contributed by atoms with van der Waals surface area (Å²) in [6.45, 7) is 0. The number of fused-ring (bicyclic) bond motifs is 10. The Balaban J connectivity index is 1.13. The summed E-state index contributed by atoms with van der Waals surface area (Å²) in [4.78, 5) is 0. The second-order valence-electron chi connectivity index (χ2n) is 17.2. The van der Waals surface area contributed by atoms with Gasteiger partial charge in [0.15, 0.2) is 8.07 Å². The van der Waals surface area contributed by atoms with Crippen LogP contribution in [0.4, 0.5) is 0 Å². The van der Waals surface area contributed by atoms with E-state index in [1.54, 1.807) is 0 Å². The summed E-state index contributed by atoms with van der Waals surface area (Å²) in [6.07, 6.45) is 9.83. The Morgan fingerprint density at radius 3 is 1.37 bits per heavy atom. The normalized spacial score (nSPS) is 12.7. The Kier molecular flexibility index (Phi) is 8.61. The lowest BCUT2D eigenvalue weighted by Crippen LogP contribution is -2.74. The molecule has 4 heteroatoms. The second-order valence-corrected chi connectivity index (χ2v) is 21.0. The van der Waals surface area contributed by atoms with Gasteiger partial charge in [0.05, 0.1) is 27.6 Å². The zero-order valence-electron chi connectivity index (χ0n) is 35.7. The van der Waals surface area contributed by atoms with Crippen LogP contribution in [0, 0.1) is 0 Å². The fourth-order valence-corrected chi connectivity index (χ4v) is 16.0. The molecule has 0 fully saturated rings. The van der Waals surface area contributed by atoms with E-state index in [0.717, 1.165) is 23.5 Å². The van der Waals surface area contributed by atoms with Gasteiger partial charge in [-0.25, -0.2) is 0 Å². The van der Waals surface area contributed by atoms with Gasteiger partial charge in [0, 0.05) is 61.7 Å². The van der Waals surface area contributed by atoms with Crippen molar-refractivity contribution in [2.24, 2.45) is 0 Å². The third-order valence-electron chi connectivity index (χ3n) is 13.8. The molecule has 306 valence electrons. The van der Waals surface area contributed by atoms with Crippen LogP contribution in [0.25, 0.3) is 77.7 Å². The first kappa shape index (κ1) is 37.4. The molecule has 0 atom stereocenters. The fraction of sp³-hybridized carbons (Fsp3) is 0.0164.